The Hall–Kier alpha value is -4.27. The number of amides is 2. The maximum Gasteiger partial charge on any atom is 0.340 e. The lowest BCUT2D eigenvalue weighted by Gasteiger charge is -2.15. The first-order valence-corrected chi connectivity index (χ1v) is 11.2. The lowest BCUT2D eigenvalue weighted by Crippen LogP contribution is -2.31. The number of esters is 1. The van der Waals surface area contributed by atoms with Crippen molar-refractivity contribution in [2.75, 3.05) is 19.0 Å². The highest BCUT2D eigenvalue weighted by molar-refractivity contribution is 6.01. The Balaban J connectivity index is 1.52. The van der Waals surface area contributed by atoms with Crippen LogP contribution in [0.5, 0.6) is 5.75 Å². The van der Waals surface area contributed by atoms with Gasteiger partial charge in [0, 0.05) is 18.1 Å². The standard InChI is InChI=1S/C27H26F2N2O5/c1-17(21-13-10-19(28)15-23(21)29)30-26(33)16-36-27(34)22-5-3-4-6-24(22)31-25(32)14-9-18-7-11-20(35-2)12-8-18/h3-8,10-13,15,17H,9,14,16H2,1-2H3,(H,30,33)(H,31,32)/t17-/m1/s1. The molecule has 188 valence electrons. The second-order valence-electron chi connectivity index (χ2n) is 7.97. The molecule has 3 aromatic carbocycles. The number of methoxy groups -OCH3 is 1. The molecule has 7 nitrogen and oxygen atoms in total. The second kappa shape index (κ2) is 12.4. The van der Waals surface area contributed by atoms with E-state index in [4.69, 9.17) is 9.47 Å². The summed E-state index contributed by atoms with van der Waals surface area (Å²) in [6.45, 7) is 0.901. The van der Waals surface area contributed by atoms with Crippen molar-refractivity contribution < 1.29 is 32.6 Å². The Morgan fingerprint density at radius 1 is 0.944 bits per heavy atom. The third-order valence-electron chi connectivity index (χ3n) is 5.36. The fraction of sp³-hybridized carbons (Fsp3) is 0.222. The molecule has 0 bridgehead atoms. The molecule has 3 rings (SSSR count). The molecule has 0 heterocycles. The number of halogens is 2. The third-order valence-corrected chi connectivity index (χ3v) is 5.36. The fourth-order valence-corrected chi connectivity index (χ4v) is 3.46. The van der Waals surface area contributed by atoms with Gasteiger partial charge in [0.2, 0.25) is 5.91 Å². The van der Waals surface area contributed by atoms with Gasteiger partial charge in [-0.3, -0.25) is 9.59 Å². The number of nitrogens with one attached hydrogen (secondary N) is 2. The molecule has 0 saturated heterocycles. The van der Waals surface area contributed by atoms with Crippen molar-refractivity contribution in [3.63, 3.8) is 0 Å². The van der Waals surface area contributed by atoms with Crippen LogP contribution in [0.2, 0.25) is 0 Å². The van der Waals surface area contributed by atoms with E-state index in [9.17, 15) is 23.2 Å². The molecule has 0 fully saturated rings. The lowest BCUT2D eigenvalue weighted by molar-refractivity contribution is -0.125. The highest BCUT2D eigenvalue weighted by Crippen LogP contribution is 2.19. The molecule has 0 aliphatic carbocycles. The monoisotopic (exact) mass is 496 g/mol. The van der Waals surface area contributed by atoms with Gasteiger partial charge in [-0.1, -0.05) is 30.3 Å². The quantitative estimate of drug-likeness (QED) is 0.401. The molecule has 0 aromatic heterocycles. The zero-order valence-corrected chi connectivity index (χ0v) is 19.8. The highest BCUT2D eigenvalue weighted by Gasteiger charge is 2.18. The van der Waals surface area contributed by atoms with Crippen LogP contribution in [-0.4, -0.2) is 31.5 Å². The Labute approximate surface area is 207 Å². The Bertz CT molecular complexity index is 1230. The maximum atomic E-state index is 13.9. The molecule has 1 atom stereocenters. The van der Waals surface area contributed by atoms with E-state index in [-0.39, 0.29) is 29.1 Å². The van der Waals surface area contributed by atoms with Crippen LogP contribution in [0.25, 0.3) is 0 Å². The normalized spacial score (nSPS) is 11.3. The molecular weight excluding hydrogens is 470 g/mol. The van der Waals surface area contributed by atoms with Gasteiger partial charge in [0.1, 0.15) is 17.4 Å². The van der Waals surface area contributed by atoms with Crippen LogP contribution in [0, 0.1) is 11.6 Å². The van der Waals surface area contributed by atoms with Crippen molar-refractivity contribution >= 4 is 23.5 Å². The predicted octanol–water partition coefficient (Wildman–Crippen LogP) is 4.58. The summed E-state index contributed by atoms with van der Waals surface area (Å²) >= 11 is 0. The summed E-state index contributed by atoms with van der Waals surface area (Å²) < 4.78 is 37.2. The topological polar surface area (TPSA) is 93.7 Å². The Morgan fingerprint density at radius 2 is 1.67 bits per heavy atom. The van der Waals surface area contributed by atoms with Crippen molar-refractivity contribution in [3.8, 4) is 5.75 Å². The Morgan fingerprint density at radius 3 is 2.36 bits per heavy atom. The minimum Gasteiger partial charge on any atom is -0.497 e. The summed E-state index contributed by atoms with van der Waals surface area (Å²) in [5, 5.41) is 5.19. The number of aryl methyl sites for hydroxylation is 1. The number of hydrogen-bond donors (Lipinski definition) is 2. The van der Waals surface area contributed by atoms with Crippen LogP contribution in [0.3, 0.4) is 0 Å². The molecule has 0 radical (unpaired) electrons. The number of hydrogen-bond acceptors (Lipinski definition) is 5. The Kier molecular flexibility index (Phi) is 9.10. The van der Waals surface area contributed by atoms with Crippen LogP contribution in [0.4, 0.5) is 14.5 Å². The van der Waals surface area contributed by atoms with Gasteiger partial charge >= 0.3 is 5.97 Å². The molecule has 2 amide bonds. The van der Waals surface area contributed by atoms with Crippen LogP contribution in [0.15, 0.2) is 66.7 Å². The van der Waals surface area contributed by atoms with E-state index in [0.29, 0.717) is 6.42 Å². The first-order chi connectivity index (χ1) is 17.3. The van der Waals surface area contributed by atoms with Gasteiger partial charge in [0.05, 0.1) is 24.4 Å². The zero-order valence-electron chi connectivity index (χ0n) is 19.8. The third kappa shape index (κ3) is 7.36. The first-order valence-electron chi connectivity index (χ1n) is 11.2. The molecule has 2 N–H and O–H groups in total. The molecule has 0 unspecified atom stereocenters. The van der Waals surface area contributed by atoms with Gasteiger partial charge in [0.25, 0.3) is 5.91 Å². The molecule has 36 heavy (non-hydrogen) atoms. The number of benzene rings is 3. The number of carbonyl (C=O) groups is 3. The van der Waals surface area contributed by atoms with Crippen LogP contribution < -0.4 is 15.4 Å². The van der Waals surface area contributed by atoms with Crippen molar-refractivity contribution in [1.82, 2.24) is 5.32 Å². The predicted molar refractivity (Wildman–Crippen MR) is 130 cm³/mol. The minimum atomic E-state index is -0.808. The molecule has 0 spiro atoms. The number of anilines is 1. The van der Waals surface area contributed by atoms with Gasteiger partial charge in [-0.2, -0.15) is 0 Å². The highest BCUT2D eigenvalue weighted by atomic mass is 19.1. The van der Waals surface area contributed by atoms with E-state index in [1.165, 1.54) is 19.1 Å². The summed E-state index contributed by atoms with van der Waals surface area (Å²) in [4.78, 5) is 37.2. The fourth-order valence-electron chi connectivity index (χ4n) is 3.46. The number of para-hydroxylation sites is 1. The molecule has 9 heteroatoms. The van der Waals surface area contributed by atoms with E-state index in [2.05, 4.69) is 10.6 Å². The van der Waals surface area contributed by atoms with E-state index < -0.39 is 36.2 Å². The summed E-state index contributed by atoms with van der Waals surface area (Å²) in [6.07, 6.45) is 0.686. The summed E-state index contributed by atoms with van der Waals surface area (Å²) in [7, 11) is 1.58. The van der Waals surface area contributed by atoms with Crippen molar-refractivity contribution in [2.24, 2.45) is 0 Å². The van der Waals surface area contributed by atoms with Gasteiger partial charge in [-0.15, -0.1) is 0 Å². The van der Waals surface area contributed by atoms with Crippen LogP contribution in [0.1, 0.15) is 40.9 Å². The van der Waals surface area contributed by atoms with Gasteiger partial charge in [-0.25, -0.2) is 13.6 Å². The zero-order chi connectivity index (χ0) is 26.1. The molecular formula is C27H26F2N2O5. The van der Waals surface area contributed by atoms with Crippen molar-refractivity contribution in [3.05, 3.63) is 95.1 Å². The smallest absolute Gasteiger partial charge is 0.340 e. The largest absolute Gasteiger partial charge is 0.497 e. The average molecular weight is 497 g/mol. The van der Waals surface area contributed by atoms with Crippen LogP contribution >= 0.6 is 0 Å². The summed E-state index contributed by atoms with van der Waals surface area (Å²) in [5.41, 5.74) is 1.39. The lowest BCUT2D eigenvalue weighted by atomic mass is 10.1. The maximum absolute atomic E-state index is 13.9. The van der Waals surface area contributed by atoms with Gasteiger partial charge < -0.3 is 20.1 Å². The number of carbonyl (C=O) groups excluding carboxylic acids is 3. The van der Waals surface area contributed by atoms with Crippen LogP contribution in [-0.2, 0) is 20.7 Å². The first kappa shape index (κ1) is 26.3. The minimum absolute atomic E-state index is 0.0840. The molecule has 0 saturated carbocycles. The summed E-state index contributed by atoms with van der Waals surface area (Å²) in [5.74, 6) is -2.57. The average Bonchev–Trinajstić information content (AvgIpc) is 2.86. The van der Waals surface area contributed by atoms with Gasteiger partial charge in [0.15, 0.2) is 6.61 Å². The molecule has 0 aliphatic rings. The van der Waals surface area contributed by atoms with E-state index in [0.717, 1.165) is 23.4 Å². The van der Waals surface area contributed by atoms with Crippen molar-refractivity contribution in [1.29, 1.82) is 0 Å². The molecule has 0 aliphatic heterocycles. The van der Waals surface area contributed by atoms with E-state index in [1.807, 2.05) is 24.3 Å². The van der Waals surface area contributed by atoms with Gasteiger partial charge in [-0.05, 0) is 49.2 Å². The van der Waals surface area contributed by atoms with E-state index >= 15 is 0 Å². The molecule has 3 aromatic rings. The second-order valence-corrected chi connectivity index (χ2v) is 7.97. The van der Waals surface area contributed by atoms with E-state index in [1.54, 1.807) is 25.3 Å². The number of ether oxygens (including phenoxy) is 2. The number of rotatable bonds is 10. The van der Waals surface area contributed by atoms with Crippen molar-refractivity contribution in [2.45, 2.75) is 25.8 Å². The summed E-state index contributed by atoms with van der Waals surface area (Å²) in [6, 6.07) is 15.9. The SMILES string of the molecule is COc1ccc(CCC(=O)Nc2ccccc2C(=O)OCC(=O)N[C@H](C)c2ccc(F)cc2F)cc1.